The summed E-state index contributed by atoms with van der Waals surface area (Å²) in [5, 5.41) is 8.02. The predicted octanol–water partition coefficient (Wildman–Crippen LogP) is 2.26. The molecule has 1 fully saturated rings. The van der Waals surface area contributed by atoms with Crippen LogP contribution in [0.4, 0.5) is 0 Å². The molecule has 0 spiro atoms. The van der Waals surface area contributed by atoms with E-state index in [1.54, 1.807) is 0 Å². The van der Waals surface area contributed by atoms with Crippen LogP contribution in [0.3, 0.4) is 0 Å². The zero-order chi connectivity index (χ0) is 11.4. The SMILES string of the molecule is CCc1cc(CNCC2CCCC2)n(C)n1. The number of aryl methyl sites for hydroxylation is 2. The quantitative estimate of drug-likeness (QED) is 0.826. The Hall–Kier alpha value is -0.830. The monoisotopic (exact) mass is 221 g/mol. The molecule has 1 N–H and O–H groups in total. The van der Waals surface area contributed by atoms with Crippen molar-refractivity contribution >= 4 is 0 Å². The number of nitrogens with one attached hydrogen (secondary N) is 1. The van der Waals surface area contributed by atoms with Crippen molar-refractivity contribution in [2.24, 2.45) is 13.0 Å². The van der Waals surface area contributed by atoms with Gasteiger partial charge in [-0.15, -0.1) is 0 Å². The van der Waals surface area contributed by atoms with Gasteiger partial charge in [-0.2, -0.15) is 5.10 Å². The zero-order valence-corrected chi connectivity index (χ0v) is 10.5. The van der Waals surface area contributed by atoms with E-state index in [4.69, 9.17) is 0 Å². The molecular formula is C13H23N3. The van der Waals surface area contributed by atoms with Gasteiger partial charge in [-0.05, 0) is 37.8 Å². The molecule has 0 amide bonds. The summed E-state index contributed by atoms with van der Waals surface area (Å²) >= 11 is 0. The van der Waals surface area contributed by atoms with Gasteiger partial charge in [-0.25, -0.2) is 0 Å². The summed E-state index contributed by atoms with van der Waals surface area (Å²) in [5.74, 6) is 0.916. The van der Waals surface area contributed by atoms with E-state index in [0.29, 0.717) is 0 Å². The van der Waals surface area contributed by atoms with Gasteiger partial charge in [0.15, 0.2) is 0 Å². The molecule has 1 aliphatic carbocycles. The van der Waals surface area contributed by atoms with Gasteiger partial charge in [-0.1, -0.05) is 19.8 Å². The Bertz CT molecular complexity index is 324. The number of hydrogen-bond donors (Lipinski definition) is 1. The fourth-order valence-corrected chi connectivity index (χ4v) is 2.53. The molecule has 3 nitrogen and oxygen atoms in total. The Morgan fingerprint density at radius 1 is 1.44 bits per heavy atom. The van der Waals surface area contributed by atoms with E-state index in [2.05, 4.69) is 23.4 Å². The molecule has 1 heterocycles. The average Bonchev–Trinajstić information content (AvgIpc) is 2.89. The van der Waals surface area contributed by atoms with E-state index in [1.165, 1.54) is 43.6 Å². The largest absolute Gasteiger partial charge is 0.311 e. The van der Waals surface area contributed by atoms with Gasteiger partial charge in [0.25, 0.3) is 0 Å². The lowest BCUT2D eigenvalue weighted by molar-refractivity contribution is 0.481. The first-order chi connectivity index (χ1) is 7.79. The maximum Gasteiger partial charge on any atom is 0.0625 e. The molecular weight excluding hydrogens is 198 g/mol. The lowest BCUT2D eigenvalue weighted by Gasteiger charge is -2.10. The number of rotatable bonds is 5. The lowest BCUT2D eigenvalue weighted by atomic mass is 10.1. The normalized spacial score (nSPS) is 17.1. The van der Waals surface area contributed by atoms with Crippen LogP contribution >= 0.6 is 0 Å². The van der Waals surface area contributed by atoms with Crippen LogP contribution in [0.25, 0.3) is 0 Å². The van der Waals surface area contributed by atoms with Crippen molar-refractivity contribution in [1.29, 1.82) is 0 Å². The molecule has 3 heteroatoms. The molecule has 1 aromatic rings. The minimum atomic E-state index is 0.916. The summed E-state index contributed by atoms with van der Waals surface area (Å²) in [6.07, 6.45) is 6.71. The number of hydrogen-bond acceptors (Lipinski definition) is 2. The highest BCUT2D eigenvalue weighted by molar-refractivity contribution is 5.09. The Kier molecular flexibility index (Phi) is 3.99. The summed E-state index contributed by atoms with van der Waals surface area (Å²) in [7, 11) is 2.03. The molecule has 0 unspecified atom stereocenters. The van der Waals surface area contributed by atoms with Crippen molar-refractivity contribution in [2.75, 3.05) is 6.54 Å². The van der Waals surface area contributed by atoms with Crippen molar-refractivity contribution in [1.82, 2.24) is 15.1 Å². The highest BCUT2D eigenvalue weighted by Gasteiger charge is 2.14. The van der Waals surface area contributed by atoms with E-state index in [9.17, 15) is 0 Å². The molecule has 0 bridgehead atoms. The number of aromatic nitrogens is 2. The third kappa shape index (κ3) is 2.85. The van der Waals surface area contributed by atoms with E-state index < -0.39 is 0 Å². The van der Waals surface area contributed by atoms with Crippen LogP contribution in [-0.4, -0.2) is 16.3 Å². The summed E-state index contributed by atoms with van der Waals surface area (Å²) in [4.78, 5) is 0. The molecule has 1 aliphatic rings. The first kappa shape index (κ1) is 11.6. The molecule has 1 saturated carbocycles. The lowest BCUT2D eigenvalue weighted by Crippen LogP contribution is -2.22. The first-order valence-corrected chi connectivity index (χ1v) is 6.52. The highest BCUT2D eigenvalue weighted by Crippen LogP contribution is 2.23. The average molecular weight is 221 g/mol. The van der Waals surface area contributed by atoms with Crippen LogP contribution in [0, 0.1) is 5.92 Å². The van der Waals surface area contributed by atoms with Crippen LogP contribution in [0.5, 0.6) is 0 Å². The second kappa shape index (κ2) is 5.48. The summed E-state index contributed by atoms with van der Waals surface area (Å²) in [6.45, 7) is 4.28. The van der Waals surface area contributed by atoms with Crippen LogP contribution in [0.2, 0.25) is 0 Å². The molecule has 90 valence electrons. The summed E-state index contributed by atoms with van der Waals surface area (Å²) < 4.78 is 2.00. The topological polar surface area (TPSA) is 29.9 Å². The molecule has 1 aromatic heterocycles. The Morgan fingerprint density at radius 3 is 2.81 bits per heavy atom. The smallest absolute Gasteiger partial charge is 0.0625 e. The van der Waals surface area contributed by atoms with Gasteiger partial charge in [-0.3, -0.25) is 4.68 Å². The standard InChI is InChI=1S/C13H23N3/c1-3-12-8-13(16(2)15-12)10-14-9-11-6-4-5-7-11/h8,11,14H,3-7,9-10H2,1-2H3. The van der Waals surface area contributed by atoms with Gasteiger partial charge in [0, 0.05) is 13.6 Å². The summed E-state index contributed by atoms with van der Waals surface area (Å²) in [6, 6.07) is 2.21. The van der Waals surface area contributed by atoms with E-state index in [-0.39, 0.29) is 0 Å². The van der Waals surface area contributed by atoms with Gasteiger partial charge >= 0.3 is 0 Å². The molecule has 0 aliphatic heterocycles. The molecule has 0 atom stereocenters. The number of nitrogens with zero attached hydrogens (tertiary/aromatic N) is 2. The van der Waals surface area contributed by atoms with Crippen molar-refractivity contribution in [3.05, 3.63) is 17.5 Å². The van der Waals surface area contributed by atoms with Crippen LogP contribution in [0.15, 0.2) is 6.07 Å². The predicted molar refractivity (Wildman–Crippen MR) is 66.3 cm³/mol. The van der Waals surface area contributed by atoms with Crippen molar-refractivity contribution in [3.63, 3.8) is 0 Å². The van der Waals surface area contributed by atoms with E-state index >= 15 is 0 Å². The Morgan fingerprint density at radius 2 is 2.19 bits per heavy atom. The Labute approximate surface area is 98.2 Å². The van der Waals surface area contributed by atoms with Gasteiger partial charge in [0.1, 0.15) is 0 Å². The fraction of sp³-hybridized carbons (Fsp3) is 0.769. The maximum atomic E-state index is 4.46. The third-order valence-electron chi connectivity index (χ3n) is 3.60. The Balaban J connectivity index is 1.77. The van der Waals surface area contributed by atoms with Crippen molar-refractivity contribution in [3.8, 4) is 0 Å². The van der Waals surface area contributed by atoms with Crippen LogP contribution in [-0.2, 0) is 20.0 Å². The zero-order valence-electron chi connectivity index (χ0n) is 10.5. The first-order valence-electron chi connectivity index (χ1n) is 6.52. The minimum absolute atomic E-state index is 0.916. The molecule has 0 radical (unpaired) electrons. The second-order valence-electron chi connectivity index (χ2n) is 4.89. The summed E-state index contributed by atoms with van der Waals surface area (Å²) in [5.41, 5.74) is 2.50. The van der Waals surface area contributed by atoms with Gasteiger partial charge in [0.2, 0.25) is 0 Å². The van der Waals surface area contributed by atoms with Gasteiger partial charge < -0.3 is 5.32 Å². The van der Waals surface area contributed by atoms with Crippen LogP contribution < -0.4 is 5.32 Å². The van der Waals surface area contributed by atoms with E-state index in [1.807, 2.05) is 11.7 Å². The van der Waals surface area contributed by atoms with E-state index in [0.717, 1.165) is 18.9 Å². The molecule has 0 aromatic carbocycles. The third-order valence-corrected chi connectivity index (χ3v) is 3.60. The second-order valence-corrected chi connectivity index (χ2v) is 4.89. The van der Waals surface area contributed by atoms with Crippen molar-refractivity contribution < 1.29 is 0 Å². The highest BCUT2D eigenvalue weighted by atomic mass is 15.3. The molecule has 0 saturated heterocycles. The molecule has 16 heavy (non-hydrogen) atoms. The maximum absolute atomic E-state index is 4.46. The fourth-order valence-electron chi connectivity index (χ4n) is 2.53. The van der Waals surface area contributed by atoms with Crippen LogP contribution in [0.1, 0.15) is 44.0 Å². The molecule has 2 rings (SSSR count). The van der Waals surface area contributed by atoms with Crippen molar-refractivity contribution in [2.45, 2.75) is 45.6 Å². The minimum Gasteiger partial charge on any atom is -0.311 e. The van der Waals surface area contributed by atoms with Gasteiger partial charge in [0.05, 0.1) is 11.4 Å².